The third kappa shape index (κ3) is 5.14. The van der Waals surface area contributed by atoms with Gasteiger partial charge in [-0.25, -0.2) is 0 Å². The topological polar surface area (TPSA) is 0 Å². The SMILES string of the molecule is c1ccc(P(c2ccccc2)c2ccccc2)cc1.c1ccccc1. The summed E-state index contributed by atoms with van der Waals surface area (Å²) >= 11 is 0. The van der Waals surface area contributed by atoms with Gasteiger partial charge in [-0.2, -0.15) is 0 Å². The summed E-state index contributed by atoms with van der Waals surface area (Å²) < 4.78 is 0. The molecule has 1 heteroatoms. The molecule has 4 rings (SSSR count). The van der Waals surface area contributed by atoms with Crippen molar-refractivity contribution in [3.8, 4) is 0 Å². The van der Waals surface area contributed by atoms with Crippen LogP contribution in [0.4, 0.5) is 0 Å². The average molecular weight is 340 g/mol. The molecule has 0 heterocycles. The molecule has 0 saturated carbocycles. The Bertz CT molecular complexity index is 707. The zero-order valence-electron chi connectivity index (χ0n) is 14.1. The Labute approximate surface area is 151 Å². The van der Waals surface area contributed by atoms with Crippen LogP contribution in [0.5, 0.6) is 0 Å². The first-order valence-corrected chi connectivity index (χ1v) is 9.74. The molecule has 0 atom stereocenters. The Morgan fingerprint density at radius 2 is 0.480 bits per heavy atom. The van der Waals surface area contributed by atoms with Gasteiger partial charge < -0.3 is 0 Å². The molecule has 0 amide bonds. The van der Waals surface area contributed by atoms with Gasteiger partial charge in [0.2, 0.25) is 0 Å². The standard InChI is InChI=1S/C18H15P.C6H6/c1-4-10-16(11-5-1)19(17-12-6-2-7-13-17)18-14-8-3-9-15-18;1-2-4-6-5-3-1/h1-15H;1-6H. The van der Waals surface area contributed by atoms with Crippen LogP contribution in [0.3, 0.4) is 0 Å². The van der Waals surface area contributed by atoms with Crippen LogP contribution in [-0.4, -0.2) is 0 Å². The van der Waals surface area contributed by atoms with E-state index in [0.717, 1.165) is 0 Å². The van der Waals surface area contributed by atoms with Crippen molar-refractivity contribution >= 4 is 23.8 Å². The molecular formula is C24H21P. The number of benzene rings is 4. The Morgan fingerprint density at radius 1 is 0.280 bits per heavy atom. The fourth-order valence-electron chi connectivity index (χ4n) is 2.56. The molecule has 0 fully saturated rings. The second-order valence-electron chi connectivity index (χ2n) is 5.50. The van der Waals surface area contributed by atoms with E-state index in [2.05, 4.69) is 91.0 Å². The third-order valence-electron chi connectivity index (χ3n) is 3.71. The lowest BCUT2D eigenvalue weighted by Gasteiger charge is -2.18. The summed E-state index contributed by atoms with van der Waals surface area (Å²) in [5.74, 6) is 0. The molecule has 25 heavy (non-hydrogen) atoms. The minimum atomic E-state index is -0.446. The van der Waals surface area contributed by atoms with Crippen LogP contribution >= 0.6 is 7.92 Å². The lowest BCUT2D eigenvalue weighted by molar-refractivity contribution is 1.72. The van der Waals surface area contributed by atoms with E-state index in [1.165, 1.54) is 15.9 Å². The monoisotopic (exact) mass is 340 g/mol. The highest BCUT2D eigenvalue weighted by atomic mass is 31.1. The predicted octanol–water partition coefficient (Wildman–Crippen LogP) is 5.13. The Balaban J connectivity index is 0.000000258. The van der Waals surface area contributed by atoms with Crippen LogP contribution < -0.4 is 15.9 Å². The highest BCUT2D eigenvalue weighted by Crippen LogP contribution is 2.32. The molecule has 0 spiro atoms. The van der Waals surface area contributed by atoms with Gasteiger partial charge in [0.15, 0.2) is 0 Å². The van der Waals surface area contributed by atoms with Crippen molar-refractivity contribution in [1.29, 1.82) is 0 Å². The van der Waals surface area contributed by atoms with E-state index in [-0.39, 0.29) is 0 Å². The van der Waals surface area contributed by atoms with Gasteiger partial charge in [-0.05, 0) is 23.8 Å². The number of hydrogen-bond acceptors (Lipinski definition) is 0. The molecule has 0 aliphatic rings. The molecular weight excluding hydrogens is 319 g/mol. The fraction of sp³-hybridized carbons (Fsp3) is 0. The maximum Gasteiger partial charge on any atom is -0.0134 e. The van der Waals surface area contributed by atoms with Gasteiger partial charge in [0.05, 0.1) is 0 Å². The Morgan fingerprint density at radius 3 is 0.720 bits per heavy atom. The highest BCUT2D eigenvalue weighted by Gasteiger charge is 2.14. The first-order valence-electron chi connectivity index (χ1n) is 8.40. The number of hydrogen-bond donors (Lipinski definition) is 0. The summed E-state index contributed by atoms with van der Waals surface area (Å²) in [5.41, 5.74) is 0. The second-order valence-corrected chi connectivity index (χ2v) is 7.72. The Kier molecular flexibility index (Phi) is 6.56. The lowest BCUT2D eigenvalue weighted by Crippen LogP contribution is -2.20. The van der Waals surface area contributed by atoms with Crippen LogP contribution in [0, 0.1) is 0 Å². The molecule has 122 valence electrons. The van der Waals surface area contributed by atoms with Gasteiger partial charge in [-0.3, -0.25) is 0 Å². The third-order valence-corrected chi connectivity index (χ3v) is 6.15. The van der Waals surface area contributed by atoms with Crippen molar-refractivity contribution < 1.29 is 0 Å². The van der Waals surface area contributed by atoms with Crippen LogP contribution in [0.15, 0.2) is 127 Å². The molecule has 0 saturated heterocycles. The van der Waals surface area contributed by atoms with Crippen molar-refractivity contribution in [3.05, 3.63) is 127 Å². The maximum atomic E-state index is 2.23. The van der Waals surface area contributed by atoms with E-state index in [4.69, 9.17) is 0 Å². The van der Waals surface area contributed by atoms with E-state index in [0.29, 0.717) is 0 Å². The average Bonchev–Trinajstić information content (AvgIpc) is 2.72. The zero-order valence-corrected chi connectivity index (χ0v) is 15.0. The second kappa shape index (κ2) is 9.57. The zero-order chi connectivity index (χ0) is 17.2. The molecule has 0 bridgehead atoms. The number of rotatable bonds is 3. The van der Waals surface area contributed by atoms with Gasteiger partial charge in [-0.1, -0.05) is 127 Å². The van der Waals surface area contributed by atoms with Crippen molar-refractivity contribution in [2.24, 2.45) is 0 Å². The summed E-state index contributed by atoms with van der Waals surface area (Å²) in [5, 5.41) is 4.19. The predicted molar refractivity (Wildman–Crippen MR) is 112 cm³/mol. The lowest BCUT2D eigenvalue weighted by atomic mass is 10.4. The van der Waals surface area contributed by atoms with Crippen LogP contribution in [0.1, 0.15) is 0 Å². The van der Waals surface area contributed by atoms with Gasteiger partial charge >= 0.3 is 0 Å². The van der Waals surface area contributed by atoms with Gasteiger partial charge in [0.1, 0.15) is 0 Å². The molecule has 0 nitrogen and oxygen atoms in total. The summed E-state index contributed by atoms with van der Waals surface area (Å²) in [4.78, 5) is 0. The molecule has 0 aromatic heterocycles. The molecule has 0 aliphatic heterocycles. The van der Waals surface area contributed by atoms with Gasteiger partial charge in [0.25, 0.3) is 0 Å². The molecule has 4 aromatic carbocycles. The van der Waals surface area contributed by atoms with E-state index in [1.54, 1.807) is 0 Å². The van der Waals surface area contributed by atoms with Crippen LogP contribution in [-0.2, 0) is 0 Å². The summed E-state index contributed by atoms with van der Waals surface area (Å²) in [7, 11) is -0.446. The van der Waals surface area contributed by atoms with Gasteiger partial charge in [-0.15, -0.1) is 0 Å². The first kappa shape index (κ1) is 17.1. The normalized spacial score (nSPS) is 9.96. The van der Waals surface area contributed by atoms with Crippen molar-refractivity contribution in [1.82, 2.24) is 0 Å². The molecule has 4 aromatic rings. The molecule has 0 N–H and O–H groups in total. The summed E-state index contributed by atoms with van der Waals surface area (Å²) in [6, 6.07) is 44.3. The minimum absolute atomic E-state index is 0.446. The molecule has 0 aliphatic carbocycles. The van der Waals surface area contributed by atoms with Gasteiger partial charge in [0, 0.05) is 0 Å². The molecule has 0 radical (unpaired) electrons. The van der Waals surface area contributed by atoms with Crippen molar-refractivity contribution in [2.75, 3.05) is 0 Å². The quantitative estimate of drug-likeness (QED) is 0.454. The van der Waals surface area contributed by atoms with Crippen molar-refractivity contribution in [2.45, 2.75) is 0 Å². The van der Waals surface area contributed by atoms with E-state index < -0.39 is 7.92 Å². The first-order chi connectivity index (χ1) is 12.4. The summed E-state index contributed by atoms with van der Waals surface area (Å²) in [6.07, 6.45) is 0. The van der Waals surface area contributed by atoms with Crippen LogP contribution in [0.2, 0.25) is 0 Å². The fourth-order valence-corrected chi connectivity index (χ4v) is 4.87. The Hall–Kier alpha value is -2.69. The van der Waals surface area contributed by atoms with Crippen LogP contribution in [0.25, 0.3) is 0 Å². The molecule has 0 unspecified atom stereocenters. The largest absolute Gasteiger partial charge is 0.0623 e. The van der Waals surface area contributed by atoms with E-state index in [9.17, 15) is 0 Å². The maximum absolute atomic E-state index is 2.23. The highest BCUT2D eigenvalue weighted by molar-refractivity contribution is 7.79. The minimum Gasteiger partial charge on any atom is -0.0623 e. The smallest absolute Gasteiger partial charge is 0.0134 e. The van der Waals surface area contributed by atoms with E-state index in [1.807, 2.05) is 36.4 Å². The van der Waals surface area contributed by atoms with E-state index >= 15 is 0 Å². The van der Waals surface area contributed by atoms with Crippen molar-refractivity contribution in [3.63, 3.8) is 0 Å². The summed E-state index contributed by atoms with van der Waals surface area (Å²) in [6.45, 7) is 0.